The van der Waals surface area contributed by atoms with Gasteiger partial charge in [-0.1, -0.05) is 12.1 Å². The number of aryl methyl sites for hydroxylation is 2. The fourth-order valence-corrected chi connectivity index (χ4v) is 3.27. The van der Waals surface area contributed by atoms with E-state index in [1.54, 1.807) is 18.2 Å². The summed E-state index contributed by atoms with van der Waals surface area (Å²) in [6, 6.07) is 8.81. The fourth-order valence-electron chi connectivity index (χ4n) is 3.27. The molecule has 1 amide bonds. The van der Waals surface area contributed by atoms with E-state index in [-0.39, 0.29) is 18.7 Å². The molecule has 0 atom stereocenters. The largest absolute Gasteiger partial charge is 0.493 e. The molecule has 0 aliphatic carbocycles. The number of aromatic nitrogens is 2. The number of alkyl halides is 3. The van der Waals surface area contributed by atoms with Gasteiger partial charge in [-0.05, 0) is 42.3 Å². The molecule has 2 aromatic carbocycles. The van der Waals surface area contributed by atoms with Crippen molar-refractivity contribution in [3.63, 3.8) is 0 Å². The number of carbonyl (C=O) groups is 1. The normalized spacial score (nSPS) is 11.3. The molecule has 0 fully saturated rings. The average molecular weight is 463 g/mol. The van der Waals surface area contributed by atoms with Crippen molar-refractivity contribution in [1.29, 1.82) is 0 Å². The molecule has 0 saturated carbocycles. The minimum atomic E-state index is -4.69. The van der Waals surface area contributed by atoms with Crippen LogP contribution in [0, 0.1) is 0 Å². The second kappa shape index (κ2) is 9.23. The summed E-state index contributed by atoms with van der Waals surface area (Å²) in [5, 5.41) is 0. The lowest BCUT2D eigenvalue weighted by Gasteiger charge is -2.14. The summed E-state index contributed by atoms with van der Waals surface area (Å²) < 4.78 is 51.4. The standard InChI is InChI=1S/C22H20F3N3O5/c1-32-17-7-6-13(10-18(17)33-2)8-9-27-12-16(19(26)29)20(30)28(21(27)31)15-5-3-4-14(11-15)22(23,24)25/h3-7,10-12H,8-9H2,1-2H3,(H2,26,29). The maximum atomic E-state index is 13.1. The Hall–Kier alpha value is -4.02. The van der Waals surface area contributed by atoms with Gasteiger partial charge in [0.05, 0.1) is 25.5 Å². The Bertz CT molecular complexity index is 1310. The number of halogens is 3. The molecule has 1 heterocycles. The molecule has 0 aliphatic rings. The summed E-state index contributed by atoms with van der Waals surface area (Å²) in [7, 11) is 2.95. The average Bonchev–Trinajstić information content (AvgIpc) is 2.77. The lowest BCUT2D eigenvalue weighted by atomic mass is 10.1. The van der Waals surface area contributed by atoms with E-state index < -0.39 is 34.5 Å². The van der Waals surface area contributed by atoms with Crippen molar-refractivity contribution in [2.45, 2.75) is 19.1 Å². The van der Waals surface area contributed by atoms with E-state index in [1.165, 1.54) is 20.3 Å². The van der Waals surface area contributed by atoms with Crippen LogP contribution in [-0.4, -0.2) is 29.3 Å². The van der Waals surface area contributed by atoms with Crippen molar-refractivity contribution in [3.05, 3.63) is 86.2 Å². The third-order valence-electron chi connectivity index (χ3n) is 4.94. The number of rotatable bonds is 7. The van der Waals surface area contributed by atoms with Gasteiger partial charge in [0.25, 0.3) is 11.5 Å². The molecule has 0 unspecified atom stereocenters. The van der Waals surface area contributed by atoms with Gasteiger partial charge in [0.1, 0.15) is 5.56 Å². The van der Waals surface area contributed by atoms with E-state index in [1.807, 2.05) is 0 Å². The highest BCUT2D eigenvalue weighted by Crippen LogP contribution is 2.30. The molecular weight excluding hydrogens is 443 g/mol. The minimum absolute atomic E-state index is 0.00778. The van der Waals surface area contributed by atoms with Crippen molar-refractivity contribution >= 4 is 5.91 Å². The molecule has 3 aromatic rings. The first-order chi connectivity index (χ1) is 15.6. The Morgan fingerprint density at radius 1 is 1.03 bits per heavy atom. The number of nitrogens with two attached hydrogens (primary N) is 1. The van der Waals surface area contributed by atoms with Crippen molar-refractivity contribution < 1.29 is 27.4 Å². The van der Waals surface area contributed by atoms with Gasteiger partial charge in [0, 0.05) is 12.7 Å². The molecule has 0 radical (unpaired) electrons. The number of hydrogen-bond donors (Lipinski definition) is 1. The Morgan fingerprint density at radius 2 is 1.73 bits per heavy atom. The summed E-state index contributed by atoms with van der Waals surface area (Å²) >= 11 is 0. The van der Waals surface area contributed by atoms with E-state index in [0.29, 0.717) is 22.1 Å². The Morgan fingerprint density at radius 3 is 2.33 bits per heavy atom. The molecule has 0 spiro atoms. The number of carbonyl (C=O) groups excluding carboxylic acids is 1. The van der Waals surface area contributed by atoms with Crippen LogP contribution >= 0.6 is 0 Å². The van der Waals surface area contributed by atoms with Gasteiger partial charge < -0.3 is 15.2 Å². The highest BCUT2D eigenvalue weighted by molar-refractivity contribution is 5.92. The monoisotopic (exact) mass is 463 g/mol. The molecule has 33 heavy (non-hydrogen) atoms. The van der Waals surface area contributed by atoms with Crippen LogP contribution in [0.15, 0.2) is 58.3 Å². The molecule has 0 bridgehead atoms. The highest BCUT2D eigenvalue weighted by atomic mass is 19.4. The minimum Gasteiger partial charge on any atom is -0.493 e. The zero-order valence-electron chi connectivity index (χ0n) is 17.7. The number of primary amides is 1. The quantitative estimate of drug-likeness (QED) is 0.579. The van der Waals surface area contributed by atoms with Crippen LogP contribution in [-0.2, 0) is 19.1 Å². The predicted octanol–water partition coefficient (Wildman–Crippen LogP) is 2.38. The topological polar surface area (TPSA) is 106 Å². The van der Waals surface area contributed by atoms with Crippen molar-refractivity contribution in [1.82, 2.24) is 9.13 Å². The van der Waals surface area contributed by atoms with Gasteiger partial charge in [-0.25, -0.2) is 9.36 Å². The smallest absolute Gasteiger partial charge is 0.416 e. The molecule has 11 heteroatoms. The number of amides is 1. The molecule has 0 aliphatic heterocycles. The number of ether oxygens (including phenoxy) is 2. The van der Waals surface area contributed by atoms with Gasteiger partial charge in [-0.2, -0.15) is 13.2 Å². The number of nitrogens with zero attached hydrogens (tertiary/aromatic N) is 2. The molecule has 3 rings (SSSR count). The van der Waals surface area contributed by atoms with Gasteiger partial charge in [-0.15, -0.1) is 0 Å². The number of benzene rings is 2. The maximum Gasteiger partial charge on any atom is 0.416 e. The summed E-state index contributed by atoms with van der Waals surface area (Å²) in [5.41, 5.74) is 2.10. The molecule has 0 saturated heterocycles. The Labute approximate surface area is 185 Å². The van der Waals surface area contributed by atoms with Crippen molar-refractivity contribution in [2.75, 3.05) is 14.2 Å². The second-order valence-electron chi connectivity index (χ2n) is 7.01. The molecule has 8 nitrogen and oxygen atoms in total. The molecule has 2 N–H and O–H groups in total. The van der Waals surface area contributed by atoms with E-state index >= 15 is 0 Å². The first kappa shape index (κ1) is 23.6. The molecule has 174 valence electrons. The fraction of sp³-hybridized carbons (Fsp3) is 0.227. The summed E-state index contributed by atoms with van der Waals surface area (Å²) in [4.78, 5) is 37.5. The van der Waals surface area contributed by atoms with Gasteiger partial charge >= 0.3 is 11.9 Å². The molecular formula is C22H20F3N3O5. The first-order valence-electron chi connectivity index (χ1n) is 9.61. The third-order valence-corrected chi connectivity index (χ3v) is 4.94. The third kappa shape index (κ3) is 4.92. The van der Waals surface area contributed by atoms with Gasteiger partial charge in [0.2, 0.25) is 0 Å². The van der Waals surface area contributed by atoms with E-state index in [2.05, 4.69) is 0 Å². The lowest BCUT2D eigenvalue weighted by Crippen LogP contribution is -2.42. The first-order valence-corrected chi connectivity index (χ1v) is 9.61. The Balaban J connectivity index is 2.08. The summed E-state index contributed by atoms with van der Waals surface area (Å²) in [6.45, 7) is 0.00778. The van der Waals surface area contributed by atoms with Crippen molar-refractivity contribution in [2.24, 2.45) is 5.73 Å². The lowest BCUT2D eigenvalue weighted by molar-refractivity contribution is -0.137. The number of hydrogen-bond acceptors (Lipinski definition) is 5. The van der Waals surface area contributed by atoms with Crippen LogP contribution in [0.4, 0.5) is 13.2 Å². The van der Waals surface area contributed by atoms with Crippen LogP contribution in [0.3, 0.4) is 0 Å². The van der Waals surface area contributed by atoms with Crippen LogP contribution in [0.1, 0.15) is 21.5 Å². The maximum absolute atomic E-state index is 13.1. The number of methoxy groups -OCH3 is 2. The zero-order chi connectivity index (χ0) is 24.3. The van der Waals surface area contributed by atoms with E-state index in [9.17, 15) is 27.6 Å². The van der Waals surface area contributed by atoms with Crippen LogP contribution < -0.4 is 26.5 Å². The summed E-state index contributed by atoms with van der Waals surface area (Å²) in [6.07, 6.45) is -3.40. The van der Waals surface area contributed by atoms with Crippen LogP contribution in [0.5, 0.6) is 11.5 Å². The van der Waals surface area contributed by atoms with Gasteiger partial charge in [-0.3, -0.25) is 14.2 Å². The SMILES string of the molecule is COc1ccc(CCn2cc(C(N)=O)c(=O)n(-c3cccc(C(F)(F)F)c3)c2=O)cc1OC. The second-order valence-corrected chi connectivity index (χ2v) is 7.01. The van der Waals surface area contributed by atoms with E-state index in [4.69, 9.17) is 15.2 Å². The van der Waals surface area contributed by atoms with Crippen LogP contribution in [0.2, 0.25) is 0 Å². The zero-order valence-corrected chi connectivity index (χ0v) is 17.7. The van der Waals surface area contributed by atoms with Crippen molar-refractivity contribution in [3.8, 4) is 17.2 Å². The Kier molecular flexibility index (Phi) is 6.61. The van der Waals surface area contributed by atoms with Gasteiger partial charge in [0.15, 0.2) is 11.5 Å². The highest BCUT2D eigenvalue weighted by Gasteiger charge is 2.31. The predicted molar refractivity (Wildman–Crippen MR) is 113 cm³/mol. The molecule has 1 aromatic heterocycles. The van der Waals surface area contributed by atoms with E-state index in [0.717, 1.165) is 28.5 Å². The van der Waals surface area contributed by atoms with Crippen LogP contribution in [0.25, 0.3) is 5.69 Å². The summed E-state index contributed by atoms with van der Waals surface area (Å²) in [5.74, 6) is -0.137.